The summed E-state index contributed by atoms with van der Waals surface area (Å²) in [6.07, 6.45) is 3.51. The fourth-order valence-corrected chi connectivity index (χ4v) is 3.48. The minimum atomic E-state index is -0.422. The second-order valence-electron chi connectivity index (χ2n) is 5.83. The summed E-state index contributed by atoms with van der Waals surface area (Å²) >= 11 is 3.20. The summed E-state index contributed by atoms with van der Waals surface area (Å²) in [4.78, 5) is 14.2. The van der Waals surface area contributed by atoms with Gasteiger partial charge in [0.05, 0.1) is 12.2 Å². The van der Waals surface area contributed by atoms with Crippen LogP contribution >= 0.6 is 28.3 Å². The van der Waals surface area contributed by atoms with Gasteiger partial charge >= 0.3 is 0 Å². The molecule has 2 saturated heterocycles. The Morgan fingerprint density at radius 1 is 1.36 bits per heavy atom. The number of likely N-dealkylation sites (tertiary alicyclic amines) is 1. The summed E-state index contributed by atoms with van der Waals surface area (Å²) in [5.74, 6) is -0.580. The minimum absolute atomic E-state index is 0. The Morgan fingerprint density at radius 3 is 2.91 bits per heavy atom. The molecule has 4 nitrogen and oxygen atoms in total. The number of nitrogens with one attached hydrogen (secondary N) is 2. The number of rotatable bonds is 3. The normalized spacial score (nSPS) is 24.5. The van der Waals surface area contributed by atoms with Crippen molar-refractivity contribution >= 4 is 39.9 Å². The molecule has 2 aliphatic rings. The predicted molar refractivity (Wildman–Crippen MR) is 91.0 cm³/mol. The van der Waals surface area contributed by atoms with Crippen molar-refractivity contribution in [2.24, 2.45) is 0 Å². The number of fused-ring (bicyclic) bond motifs is 2. The van der Waals surface area contributed by atoms with Gasteiger partial charge in [-0.1, -0.05) is 15.9 Å². The second-order valence-corrected chi connectivity index (χ2v) is 6.75. The van der Waals surface area contributed by atoms with E-state index >= 15 is 0 Å². The van der Waals surface area contributed by atoms with E-state index in [1.165, 1.54) is 18.9 Å². The highest BCUT2D eigenvalue weighted by Gasteiger charge is 2.29. The number of benzene rings is 1. The van der Waals surface area contributed by atoms with Gasteiger partial charge in [-0.15, -0.1) is 12.4 Å². The molecular weight excluding hydrogens is 373 g/mol. The molecule has 22 heavy (non-hydrogen) atoms. The molecule has 0 radical (unpaired) electrons. The van der Waals surface area contributed by atoms with Crippen LogP contribution in [-0.4, -0.2) is 42.5 Å². The van der Waals surface area contributed by atoms with Gasteiger partial charge in [0.15, 0.2) is 0 Å². The molecule has 1 aromatic rings. The monoisotopic (exact) mass is 391 g/mol. The van der Waals surface area contributed by atoms with E-state index in [0.29, 0.717) is 23.1 Å². The van der Waals surface area contributed by atoms with E-state index in [-0.39, 0.29) is 24.0 Å². The highest BCUT2D eigenvalue weighted by molar-refractivity contribution is 9.10. The first-order valence-electron chi connectivity index (χ1n) is 7.33. The third-order valence-corrected chi connectivity index (χ3v) is 4.67. The fourth-order valence-electron chi connectivity index (χ4n) is 3.14. The molecule has 0 saturated carbocycles. The first-order valence-corrected chi connectivity index (χ1v) is 8.13. The van der Waals surface area contributed by atoms with Gasteiger partial charge in [-0.05, 0) is 37.5 Å². The van der Waals surface area contributed by atoms with Crippen LogP contribution in [0.3, 0.4) is 0 Å². The van der Waals surface area contributed by atoms with Crippen LogP contribution in [0.5, 0.6) is 0 Å². The second kappa shape index (κ2) is 7.73. The van der Waals surface area contributed by atoms with Crippen molar-refractivity contribution in [2.75, 3.05) is 25.0 Å². The quantitative estimate of drug-likeness (QED) is 0.831. The zero-order valence-corrected chi connectivity index (χ0v) is 14.6. The van der Waals surface area contributed by atoms with Gasteiger partial charge in [-0.2, -0.15) is 0 Å². The van der Waals surface area contributed by atoms with Gasteiger partial charge in [0.1, 0.15) is 5.82 Å². The van der Waals surface area contributed by atoms with Gasteiger partial charge < -0.3 is 10.6 Å². The van der Waals surface area contributed by atoms with E-state index < -0.39 is 5.82 Å². The summed E-state index contributed by atoms with van der Waals surface area (Å²) in [5, 5.41) is 6.23. The lowest BCUT2D eigenvalue weighted by atomic mass is 10.1. The average molecular weight is 393 g/mol. The Bertz CT molecular complexity index is 546. The van der Waals surface area contributed by atoms with Crippen molar-refractivity contribution in [3.05, 3.63) is 28.5 Å². The number of halogens is 3. The first kappa shape index (κ1) is 17.7. The molecule has 2 N–H and O–H groups in total. The lowest BCUT2D eigenvalue weighted by molar-refractivity contribution is -0.117. The molecule has 2 fully saturated rings. The molecule has 2 heterocycles. The largest absolute Gasteiger partial charge is 0.322 e. The van der Waals surface area contributed by atoms with E-state index in [9.17, 15) is 9.18 Å². The summed E-state index contributed by atoms with van der Waals surface area (Å²) < 4.78 is 14.4. The highest BCUT2D eigenvalue weighted by Crippen LogP contribution is 2.21. The van der Waals surface area contributed by atoms with Crippen LogP contribution in [0.25, 0.3) is 0 Å². The van der Waals surface area contributed by atoms with Crippen molar-refractivity contribution in [1.29, 1.82) is 0 Å². The third kappa shape index (κ3) is 4.41. The van der Waals surface area contributed by atoms with Crippen LogP contribution in [0.2, 0.25) is 0 Å². The van der Waals surface area contributed by atoms with Gasteiger partial charge in [0.2, 0.25) is 5.91 Å². The van der Waals surface area contributed by atoms with Crippen LogP contribution in [0.4, 0.5) is 10.1 Å². The summed E-state index contributed by atoms with van der Waals surface area (Å²) in [6, 6.07) is 5.74. The van der Waals surface area contributed by atoms with E-state index in [4.69, 9.17) is 0 Å². The number of hydrogen-bond donors (Lipinski definition) is 2. The van der Waals surface area contributed by atoms with E-state index in [2.05, 4.69) is 31.5 Å². The van der Waals surface area contributed by atoms with Gasteiger partial charge in [-0.25, -0.2) is 4.39 Å². The Kier molecular flexibility index (Phi) is 6.20. The minimum Gasteiger partial charge on any atom is -0.322 e. The SMILES string of the molecule is Cl.O=C(CN1CCC2CCC(C1)N2)Nc1ccc(Br)cc1F. The first-order chi connectivity index (χ1) is 10.1. The summed E-state index contributed by atoms with van der Waals surface area (Å²) in [6.45, 7) is 2.14. The Labute approximate surface area is 144 Å². The Hall–Kier alpha value is -0.690. The summed E-state index contributed by atoms with van der Waals surface area (Å²) in [5.41, 5.74) is 0.234. The standard InChI is InChI=1S/C15H19BrFN3O.ClH/c16-10-1-4-14(13(17)7-10)19-15(21)9-20-6-5-11-2-3-12(8-20)18-11;/h1,4,7,11-12,18H,2-3,5-6,8-9H2,(H,19,21);1H. The molecule has 0 aromatic heterocycles. The van der Waals surface area contributed by atoms with Gasteiger partial charge in [0, 0.05) is 29.6 Å². The van der Waals surface area contributed by atoms with Crippen LogP contribution in [-0.2, 0) is 4.79 Å². The number of amides is 1. The number of carbonyl (C=O) groups excluding carboxylic acids is 1. The van der Waals surface area contributed by atoms with E-state index in [1.807, 2.05) is 0 Å². The van der Waals surface area contributed by atoms with Crippen LogP contribution in [0.1, 0.15) is 19.3 Å². The highest BCUT2D eigenvalue weighted by atomic mass is 79.9. The smallest absolute Gasteiger partial charge is 0.238 e. The number of hydrogen-bond acceptors (Lipinski definition) is 3. The van der Waals surface area contributed by atoms with Crippen molar-refractivity contribution in [3.63, 3.8) is 0 Å². The molecule has 0 spiro atoms. The molecule has 1 amide bonds. The van der Waals surface area contributed by atoms with Crippen molar-refractivity contribution in [2.45, 2.75) is 31.3 Å². The van der Waals surface area contributed by atoms with Crippen LogP contribution in [0, 0.1) is 5.82 Å². The van der Waals surface area contributed by atoms with Crippen LogP contribution < -0.4 is 10.6 Å². The van der Waals surface area contributed by atoms with Crippen LogP contribution in [0.15, 0.2) is 22.7 Å². The van der Waals surface area contributed by atoms with E-state index in [0.717, 1.165) is 19.5 Å². The molecule has 1 aromatic carbocycles. The maximum absolute atomic E-state index is 13.7. The Balaban J connectivity index is 0.00000176. The molecule has 7 heteroatoms. The van der Waals surface area contributed by atoms with E-state index in [1.54, 1.807) is 12.1 Å². The van der Waals surface area contributed by atoms with Crippen molar-refractivity contribution in [1.82, 2.24) is 10.2 Å². The number of anilines is 1. The topological polar surface area (TPSA) is 44.4 Å². The summed E-state index contributed by atoms with van der Waals surface area (Å²) in [7, 11) is 0. The maximum Gasteiger partial charge on any atom is 0.238 e. The molecular formula is C15H20BrClFN3O. The molecule has 2 aliphatic heterocycles. The lowest BCUT2D eigenvalue weighted by Gasteiger charge is -2.23. The maximum atomic E-state index is 13.7. The lowest BCUT2D eigenvalue weighted by Crippen LogP contribution is -2.39. The molecule has 3 rings (SSSR count). The average Bonchev–Trinajstić information content (AvgIpc) is 2.76. The molecule has 2 unspecified atom stereocenters. The predicted octanol–water partition coefficient (Wildman–Crippen LogP) is 2.77. The molecule has 0 aliphatic carbocycles. The van der Waals surface area contributed by atoms with Gasteiger partial charge in [-0.3, -0.25) is 9.69 Å². The van der Waals surface area contributed by atoms with Crippen molar-refractivity contribution < 1.29 is 9.18 Å². The zero-order chi connectivity index (χ0) is 14.8. The molecule has 2 bridgehead atoms. The number of carbonyl (C=O) groups is 1. The van der Waals surface area contributed by atoms with Gasteiger partial charge in [0.25, 0.3) is 0 Å². The Morgan fingerprint density at radius 2 is 2.14 bits per heavy atom. The third-order valence-electron chi connectivity index (χ3n) is 4.18. The fraction of sp³-hybridized carbons (Fsp3) is 0.533. The van der Waals surface area contributed by atoms with Crippen molar-refractivity contribution in [3.8, 4) is 0 Å². The number of nitrogens with zero attached hydrogens (tertiary/aromatic N) is 1. The molecule has 122 valence electrons. The zero-order valence-electron chi connectivity index (χ0n) is 12.1. The molecule has 2 atom stereocenters.